The van der Waals surface area contributed by atoms with Crippen LogP contribution >= 0.6 is 0 Å². The van der Waals surface area contributed by atoms with Gasteiger partial charge in [-0.1, -0.05) is 17.6 Å². The van der Waals surface area contributed by atoms with Crippen LogP contribution in [0.5, 0.6) is 0 Å². The van der Waals surface area contributed by atoms with Crippen LogP contribution in [0.15, 0.2) is 47.6 Å². The fourth-order valence-electron chi connectivity index (χ4n) is 3.99. The summed E-state index contributed by atoms with van der Waals surface area (Å²) < 4.78 is 37.3. The summed E-state index contributed by atoms with van der Waals surface area (Å²) in [4.78, 5) is 20.7. The van der Waals surface area contributed by atoms with Crippen LogP contribution in [0.4, 0.5) is 20.3 Å². The van der Waals surface area contributed by atoms with Crippen molar-refractivity contribution in [1.82, 2.24) is 14.8 Å². The number of pyridine rings is 1. The third-order valence-electron chi connectivity index (χ3n) is 5.68. The number of aryl methyl sites for hydroxylation is 2. The number of rotatable bonds is 5. The topological polar surface area (TPSA) is 86.9 Å². The lowest BCUT2D eigenvalue weighted by molar-refractivity contribution is -0.0102. The monoisotopic (exact) mass is 472 g/mol. The van der Waals surface area contributed by atoms with Crippen LogP contribution in [0.2, 0.25) is 0 Å². The fraction of sp³-hybridized carbons (Fsp3) is 0.348. The number of alkyl halides is 2. The Bertz CT molecular complexity index is 1200. The van der Waals surface area contributed by atoms with Crippen molar-refractivity contribution in [3.05, 3.63) is 53.9 Å². The number of carbonyl (C=O) groups excluding carboxylic acids is 1. The number of halogens is 2. The maximum Gasteiger partial charge on any atom is 0.259 e. The molecule has 1 saturated heterocycles. The molecule has 0 bridgehead atoms. The Kier molecular flexibility index (Phi) is 6.55. The quantitative estimate of drug-likeness (QED) is 0.474. The van der Waals surface area contributed by atoms with Gasteiger partial charge in [0.25, 0.3) is 5.91 Å². The Morgan fingerprint density at radius 1 is 1.24 bits per heavy atom. The number of hydrogen-bond acceptors (Lipinski definition) is 5. The first-order valence-electron chi connectivity index (χ1n) is 10.7. The molecule has 2 N–H and O–H groups in total. The molecule has 10 heteroatoms. The minimum atomic E-state index is -2.72. The molecule has 0 spiro atoms. The number of thiol groups is 1. The average molecular weight is 473 g/mol. The third kappa shape index (κ3) is 5.27. The summed E-state index contributed by atoms with van der Waals surface area (Å²) in [6, 6.07) is 8.90. The maximum absolute atomic E-state index is 14.0. The van der Waals surface area contributed by atoms with Crippen molar-refractivity contribution in [2.24, 2.45) is 7.05 Å². The van der Waals surface area contributed by atoms with E-state index in [1.54, 1.807) is 41.0 Å². The van der Waals surface area contributed by atoms with Crippen LogP contribution in [0.25, 0.3) is 11.3 Å². The summed E-state index contributed by atoms with van der Waals surface area (Å²) in [6.07, 6.45) is 3.37. The molecule has 4 rings (SSSR count). The number of anilines is 2. The van der Waals surface area contributed by atoms with Gasteiger partial charge in [0, 0.05) is 55.3 Å². The molecule has 1 aromatic carbocycles. The number of hydrogen-bond donors (Lipinski definition) is 3. The number of benzene rings is 1. The first-order chi connectivity index (χ1) is 15.8. The Hall–Kier alpha value is -3.14. The first kappa shape index (κ1) is 23.0. The smallest absolute Gasteiger partial charge is 0.259 e. The Morgan fingerprint density at radius 2 is 2.06 bits per heavy atom. The van der Waals surface area contributed by atoms with E-state index in [-0.39, 0.29) is 25.3 Å². The lowest BCUT2D eigenvalue weighted by Gasteiger charge is -2.25. The minimum absolute atomic E-state index is 0.115. The van der Waals surface area contributed by atoms with Crippen LogP contribution in [0, 0.1) is 11.7 Å². The Labute approximate surface area is 194 Å². The number of aromatic nitrogens is 3. The van der Waals surface area contributed by atoms with E-state index in [0.717, 1.165) is 10.5 Å². The second-order valence-electron chi connectivity index (χ2n) is 8.24. The lowest BCUT2D eigenvalue weighted by atomic mass is 10.0. The van der Waals surface area contributed by atoms with Gasteiger partial charge in [-0.25, -0.2) is 13.8 Å². The van der Waals surface area contributed by atoms with E-state index >= 15 is 0 Å². The van der Waals surface area contributed by atoms with Crippen LogP contribution in [0.1, 0.15) is 35.2 Å². The summed E-state index contributed by atoms with van der Waals surface area (Å²) in [6.45, 7) is 2.33. The van der Waals surface area contributed by atoms with E-state index in [9.17, 15) is 13.6 Å². The summed E-state index contributed by atoms with van der Waals surface area (Å²) in [5.74, 6) is -2.68. The van der Waals surface area contributed by atoms with Gasteiger partial charge in [-0.15, -0.1) is 0 Å². The van der Waals surface area contributed by atoms with Gasteiger partial charge >= 0.3 is 0 Å². The van der Waals surface area contributed by atoms with Gasteiger partial charge in [0.2, 0.25) is 5.92 Å². The summed E-state index contributed by atoms with van der Waals surface area (Å²) in [7, 11) is 1.81. The van der Waals surface area contributed by atoms with Crippen LogP contribution < -0.4 is 10.2 Å². The Morgan fingerprint density at radius 3 is 2.79 bits per heavy atom. The summed E-state index contributed by atoms with van der Waals surface area (Å²) >= 11 is 0.352. The molecule has 0 saturated carbocycles. The fourth-order valence-corrected chi connectivity index (χ4v) is 4.35. The number of amides is 1. The zero-order valence-corrected chi connectivity index (χ0v) is 19.4. The number of nitrogens with zero attached hydrogens (tertiary/aromatic N) is 4. The Balaban J connectivity index is 1.75. The normalized spacial score (nSPS) is 15.8. The zero-order chi connectivity index (χ0) is 23.6. The molecule has 0 aliphatic carbocycles. The molecule has 1 fully saturated rings. The average Bonchev–Trinajstić information content (AvgIpc) is 3.13. The van der Waals surface area contributed by atoms with E-state index in [4.69, 9.17) is 9.76 Å². The molecule has 7 nitrogen and oxygen atoms in total. The van der Waals surface area contributed by atoms with Crippen LogP contribution in [-0.4, -0.2) is 39.7 Å². The van der Waals surface area contributed by atoms with E-state index in [1.807, 2.05) is 25.3 Å². The standard InChI is InChI=1S/C23H26F2N6OS/c1-15-11-19(16-13-27-30(2)14-16)29-21(31-9-4-7-23(24,25)8-10-31)20(15)22(32)28-17-5-3-6-18(12-17)33-26/h3,5-6,11-14,26,33H,4,7-10H2,1-2H3,(H,28,32). The van der Waals surface area contributed by atoms with Gasteiger partial charge in [-0.3, -0.25) is 14.3 Å². The molecule has 33 heavy (non-hydrogen) atoms. The molecule has 1 amide bonds. The van der Waals surface area contributed by atoms with Crippen molar-refractivity contribution < 1.29 is 13.6 Å². The van der Waals surface area contributed by atoms with E-state index in [1.165, 1.54) is 0 Å². The van der Waals surface area contributed by atoms with E-state index < -0.39 is 5.92 Å². The van der Waals surface area contributed by atoms with Crippen molar-refractivity contribution in [2.45, 2.75) is 37.0 Å². The lowest BCUT2D eigenvalue weighted by Crippen LogP contribution is -2.30. The van der Waals surface area contributed by atoms with E-state index in [2.05, 4.69) is 10.4 Å². The van der Waals surface area contributed by atoms with E-state index in [0.29, 0.717) is 52.8 Å². The molecule has 1 aliphatic rings. The predicted octanol–water partition coefficient (Wildman–Crippen LogP) is 4.60. The predicted molar refractivity (Wildman–Crippen MR) is 126 cm³/mol. The second kappa shape index (κ2) is 9.38. The summed E-state index contributed by atoms with van der Waals surface area (Å²) in [5, 5.41) is 7.09. The molecule has 2 aromatic heterocycles. The highest BCUT2D eigenvalue weighted by atomic mass is 32.1. The highest BCUT2D eigenvalue weighted by molar-refractivity contribution is 7.66. The molecule has 0 radical (unpaired) electrons. The molecule has 174 valence electrons. The van der Waals surface area contributed by atoms with Gasteiger partial charge in [0.1, 0.15) is 5.82 Å². The molecule has 3 heterocycles. The van der Waals surface area contributed by atoms with Crippen molar-refractivity contribution >= 4 is 29.0 Å². The van der Waals surface area contributed by atoms with Gasteiger partial charge in [0.15, 0.2) is 0 Å². The van der Waals surface area contributed by atoms with Crippen LogP contribution in [0.3, 0.4) is 0 Å². The minimum Gasteiger partial charge on any atom is -0.356 e. The van der Waals surface area contributed by atoms with Crippen molar-refractivity contribution in [1.29, 1.82) is 4.78 Å². The molecular formula is C23H26F2N6OS. The highest BCUT2D eigenvalue weighted by Crippen LogP contribution is 2.33. The largest absolute Gasteiger partial charge is 0.356 e. The number of carbonyl (C=O) groups is 1. The van der Waals surface area contributed by atoms with Gasteiger partial charge in [-0.2, -0.15) is 5.10 Å². The highest BCUT2D eigenvalue weighted by Gasteiger charge is 2.33. The molecular weight excluding hydrogens is 446 g/mol. The third-order valence-corrected chi connectivity index (χ3v) is 6.21. The maximum atomic E-state index is 14.0. The van der Waals surface area contributed by atoms with Crippen molar-refractivity contribution in [3.8, 4) is 11.3 Å². The van der Waals surface area contributed by atoms with Crippen molar-refractivity contribution in [3.63, 3.8) is 0 Å². The van der Waals surface area contributed by atoms with Gasteiger partial charge in [-0.05, 0) is 43.2 Å². The molecule has 0 unspecified atom stereocenters. The zero-order valence-electron chi connectivity index (χ0n) is 18.5. The molecule has 3 aromatic rings. The number of nitrogens with one attached hydrogen (secondary N) is 2. The van der Waals surface area contributed by atoms with Gasteiger partial charge < -0.3 is 10.2 Å². The molecule has 1 aliphatic heterocycles. The SMILES string of the molecule is Cc1cc(-c2cnn(C)c2)nc(N2CCCC(F)(F)CC2)c1C(=O)Nc1cccc([SH]=N)c1. The second-order valence-corrected chi connectivity index (χ2v) is 8.98. The van der Waals surface area contributed by atoms with Gasteiger partial charge in [0.05, 0.1) is 17.5 Å². The summed E-state index contributed by atoms with van der Waals surface area (Å²) in [5.41, 5.74) is 3.06. The van der Waals surface area contributed by atoms with Crippen molar-refractivity contribution in [2.75, 3.05) is 23.3 Å². The first-order valence-corrected chi connectivity index (χ1v) is 11.6. The molecule has 0 atom stereocenters. The van der Waals surface area contributed by atoms with Crippen LogP contribution in [-0.2, 0) is 18.6 Å².